The Morgan fingerprint density at radius 3 is 2.41 bits per heavy atom. The minimum Gasteiger partial charge on any atom is -0.348 e. The topological polar surface area (TPSA) is 101 Å². The van der Waals surface area contributed by atoms with Gasteiger partial charge in [-0.25, -0.2) is 8.78 Å². The zero-order valence-electron chi connectivity index (χ0n) is 14.5. The molecule has 9 heteroatoms. The van der Waals surface area contributed by atoms with Crippen molar-refractivity contribution in [2.45, 2.75) is 25.9 Å². The van der Waals surface area contributed by atoms with Gasteiger partial charge in [-0.1, -0.05) is 12.1 Å². The van der Waals surface area contributed by atoms with Gasteiger partial charge in [0.25, 0.3) is 11.6 Å². The van der Waals surface area contributed by atoms with E-state index in [1.807, 2.05) is 0 Å². The predicted octanol–water partition coefficient (Wildman–Crippen LogP) is 2.87. The number of hydrogen-bond acceptors (Lipinski definition) is 4. The lowest BCUT2D eigenvalue weighted by Crippen LogP contribution is -2.45. The first-order valence-corrected chi connectivity index (χ1v) is 7.99. The van der Waals surface area contributed by atoms with Crippen LogP contribution in [0.15, 0.2) is 42.5 Å². The van der Waals surface area contributed by atoms with E-state index in [9.17, 15) is 28.5 Å². The van der Waals surface area contributed by atoms with Crippen LogP contribution in [-0.2, 0) is 4.79 Å². The number of hydrogen-bond donors (Lipinski definition) is 2. The van der Waals surface area contributed by atoms with Gasteiger partial charge in [-0.05, 0) is 26.0 Å². The molecule has 0 bridgehead atoms. The van der Waals surface area contributed by atoms with E-state index < -0.39 is 40.5 Å². The fraction of sp³-hybridized carbons (Fsp3) is 0.222. The van der Waals surface area contributed by atoms with Crippen LogP contribution in [0, 0.1) is 21.7 Å². The van der Waals surface area contributed by atoms with Crippen LogP contribution in [0.5, 0.6) is 0 Å². The van der Waals surface area contributed by atoms with Crippen LogP contribution in [0.2, 0.25) is 0 Å². The number of rotatable bonds is 6. The number of benzene rings is 2. The van der Waals surface area contributed by atoms with Gasteiger partial charge in [0.1, 0.15) is 17.7 Å². The van der Waals surface area contributed by atoms with Crippen molar-refractivity contribution in [1.82, 2.24) is 10.6 Å². The largest absolute Gasteiger partial charge is 0.348 e. The standard InChI is InChI=1S/C18H17F2N3O4/c1-10(15-7-6-13(19)9-16(15)20)21-17(24)11(2)22-18(25)12-4-3-5-14(8-12)23(26)27/h3-11H,1-2H3,(H,21,24)(H,22,25). The first kappa shape index (κ1) is 20.0. The van der Waals surface area contributed by atoms with Crippen molar-refractivity contribution in [3.05, 3.63) is 75.3 Å². The van der Waals surface area contributed by atoms with E-state index in [0.29, 0.717) is 6.07 Å². The van der Waals surface area contributed by atoms with Gasteiger partial charge < -0.3 is 10.6 Å². The van der Waals surface area contributed by atoms with Crippen molar-refractivity contribution in [3.63, 3.8) is 0 Å². The Bertz CT molecular complexity index is 889. The van der Waals surface area contributed by atoms with Crippen LogP contribution < -0.4 is 10.6 Å². The molecule has 0 aliphatic rings. The van der Waals surface area contributed by atoms with E-state index in [1.165, 1.54) is 38.1 Å². The van der Waals surface area contributed by atoms with Crippen LogP contribution in [-0.4, -0.2) is 22.8 Å². The molecule has 2 atom stereocenters. The van der Waals surface area contributed by atoms with Gasteiger partial charge in [0.2, 0.25) is 5.91 Å². The molecule has 0 radical (unpaired) electrons. The van der Waals surface area contributed by atoms with Crippen LogP contribution in [0.4, 0.5) is 14.5 Å². The van der Waals surface area contributed by atoms with Crippen LogP contribution in [0.25, 0.3) is 0 Å². The summed E-state index contributed by atoms with van der Waals surface area (Å²) in [5.41, 5.74) is -0.122. The molecule has 2 amide bonds. The van der Waals surface area contributed by atoms with E-state index in [2.05, 4.69) is 10.6 Å². The van der Waals surface area contributed by atoms with Gasteiger partial charge in [0.15, 0.2) is 0 Å². The van der Waals surface area contributed by atoms with Gasteiger partial charge in [0.05, 0.1) is 11.0 Å². The summed E-state index contributed by atoms with van der Waals surface area (Å²) in [4.78, 5) is 34.5. The molecule has 27 heavy (non-hydrogen) atoms. The van der Waals surface area contributed by atoms with Crippen molar-refractivity contribution in [2.24, 2.45) is 0 Å². The average Bonchev–Trinajstić information content (AvgIpc) is 2.61. The van der Waals surface area contributed by atoms with E-state index in [4.69, 9.17) is 0 Å². The van der Waals surface area contributed by atoms with Gasteiger partial charge in [-0.2, -0.15) is 0 Å². The van der Waals surface area contributed by atoms with Crippen molar-refractivity contribution in [2.75, 3.05) is 0 Å². The summed E-state index contributed by atoms with van der Waals surface area (Å²) in [7, 11) is 0. The Morgan fingerprint density at radius 2 is 1.78 bits per heavy atom. The lowest BCUT2D eigenvalue weighted by Gasteiger charge is -2.19. The zero-order valence-corrected chi connectivity index (χ0v) is 14.5. The molecule has 0 saturated heterocycles. The smallest absolute Gasteiger partial charge is 0.270 e. The number of nitrogens with zero attached hydrogens (tertiary/aromatic N) is 1. The number of nitro benzene ring substituents is 1. The molecule has 142 valence electrons. The molecule has 0 fully saturated rings. The van der Waals surface area contributed by atoms with E-state index in [-0.39, 0.29) is 16.8 Å². The Hall–Kier alpha value is -3.36. The van der Waals surface area contributed by atoms with Crippen LogP contribution >= 0.6 is 0 Å². The molecular formula is C18H17F2N3O4. The fourth-order valence-electron chi connectivity index (χ4n) is 2.38. The summed E-state index contributed by atoms with van der Waals surface area (Å²) in [5.74, 6) is -2.78. The zero-order chi connectivity index (χ0) is 20.1. The number of amides is 2. The molecule has 0 saturated carbocycles. The molecule has 2 unspecified atom stereocenters. The third kappa shape index (κ3) is 5.06. The Balaban J connectivity index is 2.01. The molecule has 7 nitrogen and oxygen atoms in total. The maximum Gasteiger partial charge on any atom is 0.270 e. The number of carbonyl (C=O) groups is 2. The maximum absolute atomic E-state index is 13.8. The summed E-state index contributed by atoms with van der Waals surface area (Å²) in [6.07, 6.45) is 0. The number of halogens is 2. The quantitative estimate of drug-likeness (QED) is 0.597. The number of carbonyl (C=O) groups excluding carboxylic acids is 2. The highest BCUT2D eigenvalue weighted by Crippen LogP contribution is 2.18. The predicted molar refractivity (Wildman–Crippen MR) is 92.9 cm³/mol. The maximum atomic E-state index is 13.8. The summed E-state index contributed by atoms with van der Waals surface area (Å²) in [6.45, 7) is 2.93. The molecule has 0 aliphatic carbocycles. The fourth-order valence-corrected chi connectivity index (χ4v) is 2.38. The summed E-state index contributed by atoms with van der Waals surface area (Å²) < 4.78 is 26.7. The van der Waals surface area contributed by atoms with Crippen LogP contribution in [0.3, 0.4) is 0 Å². The Labute approximate surface area is 153 Å². The van der Waals surface area contributed by atoms with Crippen molar-refractivity contribution in [1.29, 1.82) is 0 Å². The van der Waals surface area contributed by atoms with E-state index in [1.54, 1.807) is 0 Å². The molecule has 0 heterocycles. The van der Waals surface area contributed by atoms with E-state index in [0.717, 1.165) is 12.1 Å². The SMILES string of the molecule is CC(NC(=O)c1cccc([N+](=O)[O-])c1)C(=O)NC(C)c1ccc(F)cc1F. The number of nitro groups is 1. The molecule has 2 aromatic carbocycles. The lowest BCUT2D eigenvalue weighted by molar-refractivity contribution is -0.384. The average molecular weight is 377 g/mol. The molecule has 2 rings (SSSR count). The monoisotopic (exact) mass is 377 g/mol. The van der Waals surface area contributed by atoms with Crippen molar-refractivity contribution >= 4 is 17.5 Å². The second kappa shape index (κ2) is 8.35. The molecule has 0 aromatic heterocycles. The second-order valence-corrected chi connectivity index (χ2v) is 5.90. The Kier molecular flexibility index (Phi) is 6.17. The molecule has 0 aliphatic heterocycles. The number of non-ortho nitro benzene ring substituents is 1. The molecule has 2 N–H and O–H groups in total. The Morgan fingerprint density at radius 1 is 1.07 bits per heavy atom. The van der Waals surface area contributed by atoms with Gasteiger partial charge in [-0.15, -0.1) is 0 Å². The minimum atomic E-state index is -0.984. The van der Waals surface area contributed by atoms with E-state index >= 15 is 0 Å². The highest BCUT2D eigenvalue weighted by molar-refractivity contribution is 5.97. The van der Waals surface area contributed by atoms with Crippen molar-refractivity contribution < 1.29 is 23.3 Å². The first-order chi connectivity index (χ1) is 12.7. The first-order valence-electron chi connectivity index (χ1n) is 7.99. The third-order valence-electron chi connectivity index (χ3n) is 3.85. The number of nitrogens with one attached hydrogen (secondary N) is 2. The normalized spacial score (nSPS) is 12.7. The highest BCUT2D eigenvalue weighted by Gasteiger charge is 2.21. The van der Waals surface area contributed by atoms with Gasteiger partial charge >= 0.3 is 0 Å². The minimum absolute atomic E-state index is 0.0291. The van der Waals surface area contributed by atoms with Crippen LogP contribution in [0.1, 0.15) is 35.8 Å². The van der Waals surface area contributed by atoms with Gasteiger partial charge in [-0.3, -0.25) is 19.7 Å². The molecule has 0 spiro atoms. The second-order valence-electron chi connectivity index (χ2n) is 5.90. The summed E-state index contributed by atoms with van der Waals surface area (Å²) in [6, 6.07) is 6.35. The lowest BCUT2D eigenvalue weighted by atomic mass is 10.1. The molecule has 2 aromatic rings. The summed E-state index contributed by atoms with van der Waals surface area (Å²) >= 11 is 0. The molecular weight excluding hydrogens is 360 g/mol. The van der Waals surface area contributed by atoms with Gasteiger partial charge in [0, 0.05) is 29.3 Å². The van der Waals surface area contributed by atoms with Crippen molar-refractivity contribution in [3.8, 4) is 0 Å². The third-order valence-corrected chi connectivity index (χ3v) is 3.85. The summed E-state index contributed by atoms with van der Waals surface area (Å²) in [5, 5.41) is 15.7. The highest BCUT2D eigenvalue weighted by atomic mass is 19.1.